The molecule has 2 aliphatic rings. The third-order valence-electron chi connectivity index (χ3n) is 4.85. The van der Waals surface area contributed by atoms with Crippen LogP contribution in [0, 0.1) is 0 Å². The van der Waals surface area contributed by atoms with Crippen LogP contribution >= 0.6 is 0 Å². The van der Waals surface area contributed by atoms with Gasteiger partial charge in [-0.15, -0.1) is 0 Å². The number of nitrogens with zero attached hydrogens (tertiary/aromatic N) is 1. The molecule has 0 saturated carbocycles. The maximum absolute atomic E-state index is 12.3. The summed E-state index contributed by atoms with van der Waals surface area (Å²) < 4.78 is 0. The average molecular weight is 334 g/mol. The highest BCUT2D eigenvalue weighted by molar-refractivity contribution is 6.34. The minimum absolute atomic E-state index is 0.218. The second kappa shape index (κ2) is 5.86. The molecule has 2 aliphatic heterocycles. The molecule has 0 bridgehead atoms. The van der Waals surface area contributed by atoms with Gasteiger partial charge in [-0.2, -0.15) is 0 Å². The number of anilines is 1. The summed E-state index contributed by atoms with van der Waals surface area (Å²) in [4.78, 5) is 25.7. The van der Waals surface area contributed by atoms with Crippen LogP contribution in [0.2, 0.25) is 0 Å². The van der Waals surface area contributed by atoms with Gasteiger partial charge < -0.3 is 15.3 Å². The molecule has 4 rings (SSSR count). The number of carbonyl (C=O) groups excluding carboxylic acids is 1. The first kappa shape index (κ1) is 15.6. The van der Waals surface area contributed by atoms with Crippen molar-refractivity contribution in [1.29, 1.82) is 0 Å². The van der Waals surface area contributed by atoms with E-state index in [9.17, 15) is 9.59 Å². The van der Waals surface area contributed by atoms with Gasteiger partial charge in [0.25, 0.3) is 5.91 Å². The Balaban J connectivity index is 1.99. The van der Waals surface area contributed by atoms with Crippen molar-refractivity contribution >= 4 is 23.1 Å². The number of carboxylic acid groups (broad SMARTS) is 1. The zero-order valence-corrected chi connectivity index (χ0v) is 13.9. The minimum Gasteiger partial charge on any atom is -0.478 e. The first-order valence-electron chi connectivity index (χ1n) is 8.23. The topological polar surface area (TPSA) is 69.6 Å². The highest BCUT2D eigenvalue weighted by Crippen LogP contribution is 2.43. The highest BCUT2D eigenvalue weighted by Gasteiger charge is 2.32. The molecule has 0 aromatic heterocycles. The summed E-state index contributed by atoms with van der Waals surface area (Å²) in [6.07, 6.45) is 1.89. The number of fused-ring (bicyclic) bond motifs is 3. The van der Waals surface area contributed by atoms with Gasteiger partial charge in [0.2, 0.25) is 0 Å². The van der Waals surface area contributed by atoms with Crippen molar-refractivity contribution in [2.45, 2.75) is 13.0 Å². The molecule has 0 atom stereocenters. The number of carboxylic acids is 1. The van der Waals surface area contributed by atoms with Gasteiger partial charge in [0.15, 0.2) is 0 Å². The van der Waals surface area contributed by atoms with Crippen molar-refractivity contribution in [3.05, 3.63) is 59.2 Å². The molecular weight excluding hydrogens is 316 g/mol. The largest absolute Gasteiger partial charge is 0.478 e. The van der Waals surface area contributed by atoms with Crippen LogP contribution in [0.15, 0.2) is 42.5 Å². The Hall–Kier alpha value is -2.92. The second-order valence-electron chi connectivity index (χ2n) is 6.51. The summed E-state index contributed by atoms with van der Waals surface area (Å²) in [6.45, 7) is 1.69. The van der Waals surface area contributed by atoms with E-state index in [1.54, 1.807) is 0 Å². The van der Waals surface area contributed by atoms with Gasteiger partial charge >= 0.3 is 5.97 Å². The second-order valence-corrected chi connectivity index (χ2v) is 6.51. The summed E-state index contributed by atoms with van der Waals surface area (Å²) in [5.74, 6) is -1.47. The first-order valence-corrected chi connectivity index (χ1v) is 8.23. The predicted octanol–water partition coefficient (Wildman–Crippen LogP) is 2.76. The average Bonchev–Trinajstić information content (AvgIpc) is 2.90. The molecule has 25 heavy (non-hydrogen) atoms. The van der Waals surface area contributed by atoms with Crippen LogP contribution in [0.3, 0.4) is 0 Å². The zero-order chi connectivity index (χ0) is 17.6. The number of amides is 1. The third kappa shape index (κ3) is 2.62. The van der Waals surface area contributed by atoms with E-state index < -0.39 is 5.97 Å². The van der Waals surface area contributed by atoms with E-state index in [-0.39, 0.29) is 11.5 Å². The Morgan fingerprint density at radius 3 is 2.68 bits per heavy atom. The van der Waals surface area contributed by atoms with Gasteiger partial charge in [0.1, 0.15) is 0 Å². The highest BCUT2D eigenvalue weighted by atomic mass is 16.4. The fourth-order valence-corrected chi connectivity index (χ4v) is 3.69. The molecule has 0 spiro atoms. The van der Waals surface area contributed by atoms with Crippen molar-refractivity contribution in [1.82, 2.24) is 4.90 Å². The van der Waals surface area contributed by atoms with Crippen molar-refractivity contribution in [2.75, 3.05) is 18.9 Å². The Kier molecular flexibility index (Phi) is 3.66. The Morgan fingerprint density at radius 1 is 1.20 bits per heavy atom. The molecule has 0 unspecified atom stereocenters. The normalized spacial score (nSPS) is 18.0. The fourth-order valence-electron chi connectivity index (χ4n) is 3.69. The number of rotatable bonds is 2. The summed E-state index contributed by atoms with van der Waals surface area (Å²) >= 11 is 0. The molecule has 0 aliphatic carbocycles. The number of nitrogens with one attached hydrogen (secondary N) is 1. The van der Waals surface area contributed by atoms with Gasteiger partial charge in [-0.25, -0.2) is 4.79 Å². The summed E-state index contributed by atoms with van der Waals surface area (Å²) in [5, 5.41) is 12.0. The zero-order valence-electron chi connectivity index (χ0n) is 13.9. The summed E-state index contributed by atoms with van der Waals surface area (Å²) in [6, 6.07) is 12.0. The van der Waals surface area contributed by atoms with E-state index in [1.165, 1.54) is 5.56 Å². The van der Waals surface area contributed by atoms with E-state index in [2.05, 4.69) is 17.3 Å². The smallest absolute Gasteiger partial charge is 0.329 e. The Morgan fingerprint density at radius 2 is 1.96 bits per heavy atom. The standard InChI is InChI=1S/C20H18N2O3/c1-22-8-7-13-14(12-5-3-2-4-6-12)9-15-16(10-18(23)24)20(25)21-19(15)17(13)11-22/h2-6,9-10H,7-8,11H2,1H3,(H,21,25)(H,23,24)/b16-10+. The van der Waals surface area contributed by atoms with E-state index >= 15 is 0 Å². The lowest BCUT2D eigenvalue weighted by Crippen LogP contribution is -2.27. The van der Waals surface area contributed by atoms with E-state index in [0.29, 0.717) is 5.56 Å². The first-order chi connectivity index (χ1) is 12.0. The Bertz CT molecular complexity index is 916. The van der Waals surface area contributed by atoms with Crippen LogP contribution in [0.25, 0.3) is 16.7 Å². The summed E-state index contributed by atoms with van der Waals surface area (Å²) in [5.41, 5.74) is 6.15. The van der Waals surface area contributed by atoms with Crippen molar-refractivity contribution in [3.63, 3.8) is 0 Å². The molecule has 2 aromatic carbocycles. The molecule has 126 valence electrons. The molecule has 2 heterocycles. The minimum atomic E-state index is -1.12. The van der Waals surface area contributed by atoms with Crippen LogP contribution in [-0.2, 0) is 22.6 Å². The molecule has 0 radical (unpaired) electrons. The van der Waals surface area contributed by atoms with Crippen LogP contribution < -0.4 is 5.32 Å². The van der Waals surface area contributed by atoms with Crippen LogP contribution in [0.1, 0.15) is 16.7 Å². The molecule has 5 nitrogen and oxygen atoms in total. The maximum atomic E-state index is 12.3. The number of hydrogen-bond acceptors (Lipinski definition) is 3. The van der Waals surface area contributed by atoms with Crippen molar-refractivity contribution < 1.29 is 14.7 Å². The molecule has 2 aromatic rings. The number of carbonyl (C=O) groups is 2. The molecule has 1 amide bonds. The molecule has 5 heteroatoms. The lowest BCUT2D eigenvalue weighted by atomic mass is 9.86. The lowest BCUT2D eigenvalue weighted by Gasteiger charge is -2.29. The number of likely N-dealkylation sites (N-methyl/N-ethyl adjacent to an activating group) is 1. The quantitative estimate of drug-likeness (QED) is 0.829. The van der Waals surface area contributed by atoms with E-state index in [1.807, 2.05) is 36.4 Å². The number of hydrogen-bond donors (Lipinski definition) is 2. The SMILES string of the molecule is CN1CCc2c(-c3ccccc3)cc3c(c2C1)NC(=O)/C3=C/C(=O)O. The molecule has 0 saturated heterocycles. The molecular formula is C20H18N2O3. The molecule has 2 N–H and O–H groups in total. The van der Waals surface area contributed by atoms with E-state index in [0.717, 1.165) is 48.0 Å². The van der Waals surface area contributed by atoms with Gasteiger partial charge in [-0.1, -0.05) is 30.3 Å². The van der Waals surface area contributed by atoms with Crippen LogP contribution in [0.5, 0.6) is 0 Å². The Labute approximate surface area is 145 Å². The van der Waals surface area contributed by atoms with Gasteiger partial charge in [-0.05, 0) is 41.8 Å². The fraction of sp³-hybridized carbons (Fsp3) is 0.200. The molecule has 0 fully saturated rings. The van der Waals surface area contributed by atoms with Crippen molar-refractivity contribution in [2.24, 2.45) is 0 Å². The number of aliphatic carboxylic acids is 1. The van der Waals surface area contributed by atoms with Crippen LogP contribution in [0.4, 0.5) is 5.69 Å². The van der Waals surface area contributed by atoms with Gasteiger partial charge in [0, 0.05) is 24.7 Å². The number of benzene rings is 2. The lowest BCUT2D eigenvalue weighted by molar-refractivity contribution is -0.131. The van der Waals surface area contributed by atoms with Crippen molar-refractivity contribution in [3.8, 4) is 11.1 Å². The van der Waals surface area contributed by atoms with Gasteiger partial charge in [0.05, 0.1) is 11.3 Å². The monoisotopic (exact) mass is 334 g/mol. The van der Waals surface area contributed by atoms with E-state index in [4.69, 9.17) is 5.11 Å². The summed E-state index contributed by atoms with van der Waals surface area (Å²) in [7, 11) is 2.05. The maximum Gasteiger partial charge on any atom is 0.329 e. The van der Waals surface area contributed by atoms with Gasteiger partial charge in [-0.3, -0.25) is 4.79 Å². The van der Waals surface area contributed by atoms with Crippen LogP contribution in [-0.4, -0.2) is 35.5 Å². The third-order valence-corrected chi connectivity index (χ3v) is 4.85. The predicted molar refractivity (Wildman–Crippen MR) is 96.2 cm³/mol.